The average molecular weight is 393 g/mol. The first-order valence-corrected chi connectivity index (χ1v) is 9.65. The second kappa shape index (κ2) is 13.7. The summed E-state index contributed by atoms with van der Waals surface area (Å²) < 4.78 is 10.4. The second-order valence-electron chi connectivity index (χ2n) is 5.82. The first-order chi connectivity index (χ1) is 13.0. The number of hydrogen-bond donors (Lipinski definition) is 2. The summed E-state index contributed by atoms with van der Waals surface area (Å²) in [6, 6.07) is 7.33. The predicted molar refractivity (Wildman–Crippen MR) is 111 cm³/mol. The Morgan fingerprint density at radius 2 is 1.74 bits per heavy atom. The van der Waals surface area contributed by atoms with E-state index in [1.807, 2.05) is 24.3 Å². The number of carbonyl (C=O) groups is 2. The molecule has 0 aliphatic rings. The Kier molecular flexibility index (Phi) is 11.5. The first-order valence-electron chi connectivity index (χ1n) is 9.24. The molecule has 0 atom stereocenters. The molecule has 0 heterocycles. The van der Waals surface area contributed by atoms with E-state index < -0.39 is 11.9 Å². The van der Waals surface area contributed by atoms with Gasteiger partial charge >= 0.3 is 5.97 Å². The molecule has 1 amide bonds. The summed E-state index contributed by atoms with van der Waals surface area (Å²) in [5.74, 6) is -0.292. The predicted octanol–water partition coefficient (Wildman–Crippen LogP) is 3.97. The molecular formula is C20H28N2O4S. The quantitative estimate of drug-likeness (QED) is 0.257. The Balaban J connectivity index is 2.32. The van der Waals surface area contributed by atoms with Crippen LogP contribution in [0.2, 0.25) is 0 Å². The van der Waals surface area contributed by atoms with Crippen LogP contribution in [0.25, 0.3) is 0 Å². The van der Waals surface area contributed by atoms with Gasteiger partial charge in [0.1, 0.15) is 5.75 Å². The Morgan fingerprint density at radius 3 is 2.41 bits per heavy atom. The number of ether oxygens (including phenoxy) is 2. The molecule has 0 aromatic heterocycles. The van der Waals surface area contributed by atoms with E-state index in [0.717, 1.165) is 30.0 Å². The number of unbranched alkanes of at least 4 members (excludes halogenated alkanes) is 4. The third kappa shape index (κ3) is 11.0. The van der Waals surface area contributed by atoms with Crippen molar-refractivity contribution in [2.24, 2.45) is 0 Å². The molecule has 0 bridgehead atoms. The van der Waals surface area contributed by atoms with Gasteiger partial charge in [-0.25, -0.2) is 4.79 Å². The van der Waals surface area contributed by atoms with E-state index in [4.69, 9.17) is 21.7 Å². The largest absolute Gasteiger partial charge is 0.494 e. The lowest BCUT2D eigenvalue weighted by Gasteiger charge is -2.10. The van der Waals surface area contributed by atoms with Gasteiger partial charge in [-0.2, -0.15) is 0 Å². The van der Waals surface area contributed by atoms with E-state index in [2.05, 4.69) is 17.6 Å². The fraction of sp³-hybridized carbons (Fsp3) is 0.450. The Morgan fingerprint density at radius 1 is 1.04 bits per heavy atom. The minimum atomic E-state index is -0.576. The van der Waals surface area contributed by atoms with Crippen molar-refractivity contribution < 1.29 is 19.1 Å². The van der Waals surface area contributed by atoms with Gasteiger partial charge in [0, 0.05) is 17.8 Å². The van der Waals surface area contributed by atoms with Gasteiger partial charge in [-0.15, -0.1) is 0 Å². The van der Waals surface area contributed by atoms with Crippen molar-refractivity contribution >= 4 is 34.9 Å². The van der Waals surface area contributed by atoms with Gasteiger partial charge in [-0.1, -0.05) is 32.6 Å². The van der Waals surface area contributed by atoms with Crippen LogP contribution in [0.1, 0.15) is 46.0 Å². The molecule has 0 saturated heterocycles. The second-order valence-corrected chi connectivity index (χ2v) is 6.22. The molecule has 1 rings (SSSR count). The fourth-order valence-electron chi connectivity index (χ4n) is 2.18. The van der Waals surface area contributed by atoms with Crippen LogP contribution < -0.4 is 15.4 Å². The molecule has 2 N–H and O–H groups in total. The molecule has 0 aliphatic heterocycles. The molecule has 0 spiro atoms. The molecule has 0 unspecified atom stereocenters. The number of rotatable bonds is 11. The molecule has 6 nitrogen and oxygen atoms in total. The minimum Gasteiger partial charge on any atom is -0.494 e. The third-order valence-corrected chi connectivity index (χ3v) is 3.73. The van der Waals surface area contributed by atoms with Gasteiger partial charge in [0.2, 0.25) is 5.91 Å². The molecule has 1 aromatic rings. The number of esters is 1. The number of benzene rings is 1. The van der Waals surface area contributed by atoms with E-state index in [1.54, 1.807) is 6.92 Å². The van der Waals surface area contributed by atoms with Gasteiger partial charge < -0.3 is 14.8 Å². The van der Waals surface area contributed by atoms with Crippen LogP contribution in [-0.2, 0) is 14.3 Å². The molecule has 27 heavy (non-hydrogen) atoms. The van der Waals surface area contributed by atoms with Gasteiger partial charge in [-0.3, -0.25) is 10.1 Å². The summed E-state index contributed by atoms with van der Waals surface area (Å²) in [6.45, 7) is 4.85. The summed E-state index contributed by atoms with van der Waals surface area (Å²) in [5, 5.41) is 5.49. The lowest BCUT2D eigenvalue weighted by Crippen LogP contribution is -2.32. The van der Waals surface area contributed by atoms with Crippen molar-refractivity contribution in [1.82, 2.24) is 5.32 Å². The smallest absolute Gasteiger partial charge is 0.330 e. The zero-order valence-corrected chi connectivity index (χ0v) is 16.8. The van der Waals surface area contributed by atoms with E-state index in [0.29, 0.717) is 6.61 Å². The van der Waals surface area contributed by atoms with Crippen molar-refractivity contribution in [3.63, 3.8) is 0 Å². The number of amides is 1. The van der Waals surface area contributed by atoms with Gasteiger partial charge in [-0.05, 0) is 49.8 Å². The molecule has 1 aromatic carbocycles. The molecule has 0 radical (unpaired) electrons. The Hall–Kier alpha value is -2.41. The molecule has 0 aliphatic carbocycles. The SMILES string of the molecule is CCCCCCCOc1ccc(NC(=S)NC(=O)/C=C/C(=O)OCC)cc1. The third-order valence-electron chi connectivity index (χ3n) is 3.52. The Labute approximate surface area is 166 Å². The van der Waals surface area contributed by atoms with Gasteiger partial charge in [0.15, 0.2) is 5.11 Å². The summed E-state index contributed by atoms with van der Waals surface area (Å²) in [6.07, 6.45) is 8.12. The maximum absolute atomic E-state index is 11.7. The minimum absolute atomic E-state index is 0.137. The van der Waals surface area contributed by atoms with Gasteiger partial charge in [0.05, 0.1) is 13.2 Å². The highest BCUT2D eigenvalue weighted by molar-refractivity contribution is 7.80. The lowest BCUT2D eigenvalue weighted by molar-refractivity contribution is -0.137. The zero-order valence-electron chi connectivity index (χ0n) is 16.0. The van der Waals surface area contributed by atoms with Crippen molar-refractivity contribution in [3.8, 4) is 5.75 Å². The number of hydrogen-bond acceptors (Lipinski definition) is 5. The van der Waals surface area contributed by atoms with Crippen LogP contribution in [0.3, 0.4) is 0 Å². The first kappa shape index (κ1) is 22.6. The number of thiocarbonyl (C=S) groups is 1. The Bertz CT molecular complexity index is 629. The molecule has 0 fully saturated rings. The van der Waals surface area contributed by atoms with Crippen LogP contribution >= 0.6 is 12.2 Å². The number of nitrogens with one attached hydrogen (secondary N) is 2. The fourth-order valence-corrected chi connectivity index (χ4v) is 2.40. The standard InChI is InChI=1S/C20H28N2O4S/c1-3-5-6-7-8-15-26-17-11-9-16(10-12-17)21-20(27)22-18(23)13-14-19(24)25-4-2/h9-14H,3-8,15H2,1-2H3,(H2,21,22,23,27)/b14-13+. The molecular weight excluding hydrogens is 364 g/mol. The highest BCUT2D eigenvalue weighted by Crippen LogP contribution is 2.16. The van der Waals surface area contributed by atoms with E-state index in [-0.39, 0.29) is 11.7 Å². The summed E-state index contributed by atoms with van der Waals surface area (Å²) in [5.41, 5.74) is 0.727. The van der Waals surface area contributed by atoms with Crippen LogP contribution in [0, 0.1) is 0 Å². The van der Waals surface area contributed by atoms with E-state index in [9.17, 15) is 9.59 Å². The van der Waals surface area contributed by atoms with Crippen molar-refractivity contribution in [3.05, 3.63) is 36.4 Å². The molecule has 0 saturated carbocycles. The van der Waals surface area contributed by atoms with Crippen molar-refractivity contribution in [2.45, 2.75) is 46.0 Å². The summed E-state index contributed by atoms with van der Waals surface area (Å²) in [7, 11) is 0. The van der Waals surface area contributed by atoms with E-state index in [1.165, 1.54) is 25.7 Å². The van der Waals surface area contributed by atoms with Crippen LogP contribution in [0.15, 0.2) is 36.4 Å². The maximum atomic E-state index is 11.7. The average Bonchev–Trinajstić information content (AvgIpc) is 2.64. The monoisotopic (exact) mass is 392 g/mol. The van der Waals surface area contributed by atoms with Crippen LogP contribution in [0.4, 0.5) is 5.69 Å². The van der Waals surface area contributed by atoms with Crippen molar-refractivity contribution in [1.29, 1.82) is 0 Å². The number of carbonyl (C=O) groups excluding carboxylic acids is 2. The van der Waals surface area contributed by atoms with E-state index >= 15 is 0 Å². The van der Waals surface area contributed by atoms with Crippen LogP contribution in [0.5, 0.6) is 5.75 Å². The normalized spacial score (nSPS) is 10.4. The highest BCUT2D eigenvalue weighted by atomic mass is 32.1. The zero-order chi connectivity index (χ0) is 19.9. The molecule has 148 valence electrons. The topological polar surface area (TPSA) is 76.7 Å². The summed E-state index contributed by atoms with van der Waals surface area (Å²) >= 11 is 5.07. The number of anilines is 1. The summed E-state index contributed by atoms with van der Waals surface area (Å²) in [4.78, 5) is 22.8. The highest BCUT2D eigenvalue weighted by Gasteiger charge is 2.03. The molecule has 7 heteroatoms. The lowest BCUT2D eigenvalue weighted by atomic mass is 10.2. The van der Waals surface area contributed by atoms with Gasteiger partial charge in [0.25, 0.3) is 0 Å². The van der Waals surface area contributed by atoms with Crippen molar-refractivity contribution in [2.75, 3.05) is 18.5 Å². The maximum Gasteiger partial charge on any atom is 0.330 e. The van der Waals surface area contributed by atoms with Crippen LogP contribution in [-0.4, -0.2) is 30.2 Å².